The van der Waals surface area contributed by atoms with Crippen molar-refractivity contribution in [1.82, 2.24) is 25.7 Å². The number of aliphatic imine (C=N–C) groups is 1. The van der Waals surface area contributed by atoms with Gasteiger partial charge in [-0.1, -0.05) is 28.9 Å². The molecule has 1 aromatic heterocycles. The van der Waals surface area contributed by atoms with E-state index in [9.17, 15) is 0 Å². The van der Waals surface area contributed by atoms with Gasteiger partial charge in [0.2, 0.25) is 5.89 Å². The van der Waals surface area contributed by atoms with Gasteiger partial charge in [-0.05, 0) is 57.0 Å². The molecule has 2 N–H and O–H groups in total. The van der Waals surface area contributed by atoms with Crippen LogP contribution in [0.1, 0.15) is 36.2 Å². The molecule has 0 saturated carbocycles. The number of aromatic nitrogens is 2. The minimum absolute atomic E-state index is 0. The molecule has 2 unspecified atom stereocenters. The maximum absolute atomic E-state index is 6.24. The van der Waals surface area contributed by atoms with E-state index in [2.05, 4.69) is 49.8 Å². The molecule has 3 rings (SSSR count). The van der Waals surface area contributed by atoms with Crippen molar-refractivity contribution in [3.63, 3.8) is 0 Å². The lowest BCUT2D eigenvalue weighted by Gasteiger charge is -2.40. The number of piperidine rings is 1. The topological polar surface area (TPSA) is 78.6 Å². The van der Waals surface area contributed by atoms with Gasteiger partial charge in [-0.3, -0.25) is 9.89 Å². The summed E-state index contributed by atoms with van der Waals surface area (Å²) < 4.78 is 5.14. The third-order valence-corrected chi connectivity index (χ3v) is 5.39. The fourth-order valence-corrected chi connectivity index (χ4v) is 4.07. The summed E-state index contributed by atoms with van der Waals surface area (Å²) in [5, 5.41) is 11.4. The molecule has 7 nitrogen and oxygen atoms in total. The fourth-order valence-electron chi connectivity index (χ4n) is 3.87. The molecule has 9 heteroatoms. The highest BCUT2D eigenvalue weighted by Crippen LogP contribution is 2.35. The number of benzene rings is 1. The van der Waals surface area contributed by atoms with Gasteiger partial charge in [0.25, 0.3) is 0 Å². The smallest absolute Gasteiger partial charge is 0.228 e. The van der Waals surface area contributed by atoms with E-state index in [-0.39, 0.29) is 24.0 Å². The molecule has 1 aliphatic rings. The Balaban J connectivity index is 0.00000300. The average Bonchev–Trinajstić information content (AvgIpc) is 3.09. The summed E-state index contributed by atoms with van der Waals surface area (Å²) in [6, 6.07) is 8.56. The van der Waals surface area contributed by atoms with Gasteiger partial charge < -0.3 is 15.2 Å². The highest BCUT2D eigenvalue weighted by molar-refractivity contribution is 14.0. The standard InChI is InChI=1S/C20H29ClN6O.HI/c1-14-25-18(28-26-14)9-10-23-20(22-2)24-13-16-7-5-11-27(3)19(16)15-6-4-8-17(21)12-15;/h4,6,8,12,16,19H,5,7,9-11,13H2,1-3H3,(H2,22,23,24);1H. The second-order valence-electron chi connectivity index (χ2n) is 7.25. The monoisotopic (exact) mass is 532 g/mol. The van der Waals surface area contributed by atoms with Crippen LogP contribution in [0.2, 0.25) is 5.02 Å². The molecular weight excluding hydrogens is 503 g/mol. The van der Waals surface area contributed by atoms with Crippen LogP contribution in [0.3, 0.4) is 0 Å². The lowest BCUT2D eigenvalue weighted by Crippen LogP contribution is -2.45. The summed E-state index contributed by atoms with van der Waals surface area (Å²) in [4.78, 5) is 11.0. The normalized spacial score (nSPS) is 20.2. The lowest BCUT2D eigenvalue weighted by atomic mass is 9.85. The maximum Gasteiger partial charge on any atom is 0.228 e. The Kier molecular flexibility index (Phi) is 9.64. The number of halogens is 2. The third-order valence-electron chi connectivity index (χ3n) is 5.15. The SMILES string of the molecule is CN=C(NCCc1nc(C)no1)NCC1CCCN(C)C1c1cccc(Cl)c1.I. The van der Waals surface area contributed by atoms with E-state index in [0.29, 0.717) is 36.6 Å². The van der Waals surface area contributed by atoms with E-state index in [0.717, 1.165) is 24.1 Å². The van der Waals surface area contributed by atoms with Crippen LogP contribution in [-0.2, 0) is 6.42 Å². The zero-order chi connectivity index (χ0) is 19.9. The second kappa shape index (κ2) is 11.7. The second-order valence-corrected chi connectivity index (χ2v) is 7.68. The van der Waals surface area contributed by atoms with Gasteiger partial charge in [-0.2, -0.15) is 4.98 Å². The van der Waals surface area contributed by atoms with Gasteiger partial charge in [0.05, 0.1) is 0 Å². The first-order valence-electron chi connectivity index (χ1n) is 9.76. The van der Waals surface area contributed by atoms with Crippen molar-refractivity contribution < 1.29 is 4.52 Å². The first-order valence-corrected chi connectivity index (χ1v) is 10.1. The van der Waals surface area contributed by atoms with Crippen LogP contribution in [0.4, 0.5) is 0 Å². The molecule has 29 heavy (non-hydrogen) atoms. The molecule has 1 aromatic carbocycles. The number of rotatable bonds is 6. The fraction of sp³-hybridized carbons (Fsp3) is 0.550. The van der Waals surface area contributed by atoms with Crippen molar-refractivity contribution >= 4 is 41.5 Å². The van der Waals surface area contributed by atoms with E-state index in [4.69, 9.17) is 16.1 Å². The first-order chi connectivity index (χ1) is 13.6. The lowest BCUT2D eigenvalue weighted by molar-refractivity contribution is 0.122. The highest BCUT2D eigenvalue weighted by Gasteiger charge is 2.30. The van der Waals surface area contributed by atoms with E-state index in [1.807, 2.05) is 19.1 Å². The Bertz CT molecular complexity index is 799. The Morgan fingerprint density at radius 3 is 2.90 bits per heavy atom. The maximum atomic E-state index is 6.24. The number of nitrogens with one attached hydrogen (secondary N) is 2. The largest absolute Gasteiger partial charge is 0.356 e. The summed E-state index contributed by atoms with van der Waals surface area (Å²) in [6.45, 7) is 4.45. The minimum Gasteiger partial charge on any atom is -0.356 e. The molecule has 1 aliphatic heterocycles. The van der Waals surface area contributed by atoms with Crippen LogP contribution >= 0.6 is 35.6 Å². The Labute approximate surface area is 194 Å². The predicted molar refractivity (Wildman–Crippen MR) is 127 cm³/mol. The summed E-state index contributed by atoms with van der Waals surface area (Å²) >= 11 is 6.24. The molecule has 160 valence electrons. The molecule has 0 bridgehead atoms. The number of hydrogen-bond acceptors (Lipinski definition) is 5. The number of likely N-dealkylation sites (tertiary alicyclic amines) is 1. The molecule has 2 atom stereocenters. The Hall–Kier alpha value is -1.39. The summed E-state index contributed by atoms with van der Waals surface area (Å²) in [7, 11) is 3.98. The van der Waals surface area contributed by atoms with Crippen LogP contribution in [0.5, 0.6) is 0 Å². The molecule has 1 saturated heterocycles. The van der Waals surface area contributed by atoms with Crippen LogP contribution in [0, 0.1) is 12.8 Å². The van der Waals surface area contributed by atoms with Gasteiger partial charge >= 0.3 is 0 Å². The van der Waals surface area contributed by atoms with Gasteiger partial charge in [0.15, 0.2) is 11.8 Å². The summed E-state index contributed by atoms with van der Waals surface area (Å²) in [6.07, 6.45) is 3.04. The van der Waals surface area contributed by atoms with E-state index in [1.54, 1.807) is 7.05 Å². The quantitative estimate of drug-likeness (QED) is 0.337. The van der Waals surface area contributed by atoms with Crippen molar-refractivity contribution in [2.45, 2.75) is 32.2 Å². The third kappa shape index (κ3) is 6.82. The zero-order valence-corrected chi connectivity index (χ0v) is 20.3. The van der Waals surface area contributed by atoms with E-state index < -0.39 is 0 Å². The van der Waals surface area contributed by atoms with Crippen LogP contribution in [-0.4, -0.2) is 54.7 Å². The summed E-state index contributed by atoms with van der Waals surface area (Å²) in [5.41, 5.74) is 1.27. The van der Waals surface area contributed by atoms with Gasteiger partial charge in [0, 0.05) is 37.6 Å². The molecule has 2 heterocycles. The molecule has 0 spiro atoms. The Morgan fingerprint density at radius 1 is 1.38 bits per heavy atom. The van der Waals surface area contributed by atoms with Crippen LogP contribution < -0.4 is 10.6 Å². The van der Waals surface area contributed by atoms with E-state index >= 15 is 0 Å². The summed E-state index contributed by atoms with van der Waals surface area (Å²) in [5.74, 6) is 2.56. The van der Waals surface area contributed by atoms with Crippen LogP contribution in [0.15, 0.2) is 33.8 Å². The number of guanidine groups is 1. The van der Waals surface area contributed by atoms with Gasteiger partial charge in [0.1, 0.15) is 0 Å². The van der Waals surface area contributed by atoms with Crippen molar-refractivity contribution in [2.24, 2.45) is 10.9 Å². The van der Waals surface area contributed by atoms with Crippen molar-refractivity contribution in [2.75, 3.05) is 33.7 Å². The molecule has 0 amide bonds. The predicted octanol–water partition coefficient (Wildman–Crippen LogP) is 3.44. The molecule has 2 aromatic rings. The zero-order valence-electron chi connectivity index (χ0n) is 17.2. The van der Waals surface area contributed by atoms with Gasteiger partial charge in [-0.15, -0.1) is 24.0 Å². The number of hydrogen-bond donors (Lipinski definition) is 2. The molecule has 1 fully saturated rings. The number of nitrogens with zero attached hydrogens (tertiary/aromatic N) is 4. The average molecular weight is 533 g/mol. The van der Waals surface area contributed by atoms with E-state index in [1.165, 1.54) is 18.4 Å². The minimum atomic E-state index is 0. The molecular formula is C20H30ClIN6O. The highest BCUT2D eigenvalue weighted by atomic mass is 127. The molecule has 0 aliphatic carbocycles. The molecule has 0 radical (unpaired) electrons. The van der Waals surface area contributed by atoms with Crippen LogP contribution in [0.25, 0.3) is 0 Å². The Morgan fingerprint density at radius 2 is 2.21 bits per heavy atom. The van der Waals surface area contributed by atoms with Crippen molar-refractivity contribution in [3.05, 3.63) is 46.6 Å². The first kappa shape index (κ1) is 23.9. The number of aryl methyl sites for hydroxylation is 1. The van der Waals surface area contributed by atoms with Gasteiger partial charge in [-0.25, -0.2) is 0 Å². The van der Waals surface area contributed by atoms with Crippen molar-refractivity contribution in [1.29, 1.82) is 0 Å². The van der Waals surface area contributed by atoms with Crippen molar-refractivity contribution in [3.8, 4) is 0 Å².